The van der Waals surface area contributed by atoms with Crippen LogP contribution in [0.2, 0.25) is 0 Å². The molecule has 0 spiro atoms. The molecule has 0 radical (unpaired) electrons. The Hall–Kier alpha value is -10.9. The molecule has 0 aliphatic carbocycles. The van der Waals surface area contributed by atoms with Gasteiger partial charge < -0.3 is 43.9 Å². The number of hydrogen-bond donors (Lipinski definition) is 3. The molecule has 3 N–H and O–H groups in total. The number of nitrogens with one attached hydrogen (secondary N) is 3. The van der Waals surface area contributed by atoms with Crippen molar-refractivity contribution in [3.05, 3.63) is 196 Å². The first-order valence-corrected chi connectivity index (χ1v) is 27.7. The minimum Gasteiger partial charge on any atom is -0.431 e. The molecule has 21 nitrogen and oxygen atoms in total. The summed E-state index contributed by atoms with van der Waals surface area (Å²) in [7, 11) is 4.48. The fourth-order valence-electron chi connectivity index (χ4n) is 8.40. The Balaban J connectivity index is 0.000000192. The number of benzene rings is 3. The smallest absolute Gasteiger partial charge is 0.289 e. The van der Waals surface area contributed by atoms with Gasteiger partial charge in [-0.15, -0.1) is 0 Å². The second kappa shape index (κ2) is 30.2. The Kier molecular flexibility index (Phi) is 22.3. The first-order valence-electron chi connectivity index (χ1n) is 27.7. The fourth-order valence-corrected chi connectivity index (χ4v) is 8.40. The van der Waals surface area contributed by atoms with Crippen LogP contribution >= 0.6 is 0 Å². The Bertz CT molecular complexity index is 3700. The average Bonchev–Trinajstić information content (AvgIpc) is 4.25. The van der Waals surface area contributed by atoms with E-state index in [2.05, 4.69) is 45.9 Å². The quantitative estimate of drug-likeness (QED) is 0.0533. The van der Waals surface area contributed by atoms with Crippen molar-refractivity contribution in [3.8, 4) is 34.4 Å². The Labute approximate surface area is 511 Å². The van der Waals surface area contributed by atoms with Gasteiger partial charge in [0.2, 0.25) is 70.5 Å². The van der Waals surface area contributed by atoms with Crippen LogP contribution < -0.4 is 30.7 Å². The van der Waals surface area contributed by atoms with Gasteiger partial charge >= 0.3 is 0 Å². The van der Waals surface area contributed by atoms with Gasteiger partial charge in [-0.2, -0.15) is 18.2 Å². The van der Waals surface area contributed by atoms with Gasteiger partial charge in [-0.3, -0.25) is 33.8 Å². The summed E-state index contributed by atoms with van der Waals surface area (Å²) >= 11 is 0. The summed E-state index contributed by atoms with van der Waals surface area (Å²) in [6.45, 7) is 10.7. The third-order valence-electron chi connectivity index (χ3n) is 13.6. The number of nitrogens with zero attached hydrogens (tertiary/aromatic N) is 9. The molecule has 0 fully saturated rings. The van der Waals surface area contributed by atoms with Crippen LogP contribution in [0.25, 0.3) is 34.4 Å². The minimum atomic E-state index is -1.03. The van der Waals surface area contributed by atoms with E-state index in [1.54, 1.807) is 39.8 Å². The molecule has 6 amide bonds. The molecular weight excluding hydrogens is 1180 g/mol. The van der Waals surface area contributed by atoms with Crippen LogP contribution in [0, 0.1) is 56.1 Å². The van der Waals surface area contributed by atoms with E-state index in [1.165, 1.54) is 96.8 Å². The highest BCUT2D eigenvalue weighted by Crippen LogP contribution is 2.30. The summed E-state index contributed by atoms with van der Waals surface area (Å²) in [6.07, 6.45) is 4.43. The molecule has 0 bridgehead atoms. The van der Waals surface area contributed by atoms with Crippen molar-refractivity contribution in [1.29, 1.82) is 0 Å². The second-order valence-electron chi connectivity index (χ2n) is 19.7. The number of halogens is 6. The maximum atomic E-state index is 14.5. The Morgan fingerprint density at radius 3 is 1.07 bits per heavy atom. The van der Waals surface area contributed by atoms with E-state index in [0.29, 0.717) is 28.9 Å². The topological polar surface area (TPSA) is 265 Å². The van der Waals surface area contributed by atoms with Crippen LogP contribution in [0.15, 0.2) is 123 Å². The van der Waals surface area contributed by atoms with E-state index in [9.17, 15) is 55.1 Å². The molecule has 9 aromatic rings. The number of carbonyl (C=O) groups is 6. The van der Waals surface area contributed by atoms with Gasteiger partial charge in [-0.05, 0) is 111 Å². The zero-order valence-electron chi connectivity index (χ0n) is 50.1. The number of amides is 6. The molecule has 0 unspecified atom stereocenters. The highest BCUT2D eigenvalue weighted by atomic mass is 19.2. The molecule has 3 aromatic carbocycles. The third kappa shape index (κ3) is 16.8. The van der Waals surface area contributed by atoms with E-state index in [1.807, 2.05) is 26.0 Å². The molecule has 6 heterocycles. The maximum absolute atomic E-state index is 14.5. The summed E-state index contributed by atoms with van der Waals surface area (Å²) in [5.41, 5.74) is 5.13. The molecular formula is C63H60F6N12O9. The number of aromatic nitrogens is 6. The molecule has 27 heteroatoms. The van der Waals surface area contributed by atoms with E-state index in [-0.39, 0.29) is 113 Å². The van der Waals surface area contributed by atoms with Crippen LogP contribution in [0.1, 0.15) is 105 Å². The lowest BCUT2D eigenvalue weighted by Crippen LogP contribution is -2.25. The molecule has 90 heavy (non-hydrogen) atoms. The number of hydrogen-bond acceptors (Lipinski definition) is 15. The number of rotatable bonds is 18. The second-order valence-corrected chi connectivity index (χ2v) is 19.7. The number of carbonyl (C=O) groups excluding carboxylic acids is 6. The first kappa shape index (κ1) is 66.7. The van der Waals surface area contributed by atoms with Crippen molar-refractivity contribution >= 4 is 52.5 Å². The summed E-state index contributed by atoms with van der Waals surface area (Å²) in [5.74, 6) is -6.79. The van der Waals surface area contributed by atoms with Crippen LogP contribution in [-0.2, 0) is 34.0 Å². The summed E-state index contributed by atoms with van der Waals surface area (Å²) in [6, 6.07) is 21.2. The minimum absolute atomic E-state index is 0.00658. The van der Waals surface area contributed by atoms with Gasteiger partial charge in [-0.25, -0.2) is 33.1 Å². The molecule has 0 aliphatic heterocycles. The van der Waals surface area contributed by atoms with Crippen molar-refractivity contribution < 1.29 is 68.4 Å². The summed E-state index contributed by atoms with van der Waals surface area (Å²) in [4.78, 5) is 99.0. The largest absolute Gasteiger partial charge is 0.431 e. The van der Waals surface area contributed by atoms with E-state index >= 15 is 0 Å². The van der Waals surface area contributed by atoms with Gasteiger partial charge in [-0.1, -0.05) is 32.9 Å². The SMILES string of the molecule is CCC(=O)N(C)c1ccc(-c2ncc(C(=O)NCc3ccc(C)nc3C)o2)cc1F.CCC(=O)N(C)c1ccc(-c2ncc(C(=O)NCc3ccc(F)nc3C)o2)cc1F.CCC(=O)N(C)c1ccc(-c2ncc(C(=O)NCc3ccc(F)nc3F)o2)cc1F. The van der Waals surface area contributed by atoms with Gasteiger partial charge in [0.1, 0.15) is 17.5 Å². The summed E-state index contributed by atoms with van der Waals surface area (Å²) < 4.78 is 99.1. The zero-order valence-corrected chi connectivity index (χ0v) is 50.1. The Morgan fingerprint density at radius 1 is 0.422 bits per heavy atom. The average molecular weight is 1240 g/mol. The number of aryl methyl sites for hydroxylation is 3. The first-order chi connectivity index (χ1) is 42.9. The van der Waals surface area contributed by atoms with Crippen molar-refractivity contribution in [2.45, 2.75) is 80.4 Å². The lowest BCUT2D eigenvalue weighted by atomic mass is 10.2. The lowest BCUT2D eigenvalue weighted by molar-refractivity contribution is -0.118. The predicted molar refractivity (Wildman–Crippen MR) is 317 cm³/mol. The van der Waals surface area contributed by atoms with Gasteiger partial charge in [0.05, 0.1) is 35.7 Å². The van der Waals surface area contributed by atoms with Crippen LogP contribution in [0.5, 0.6) is 0 Å². The summed E-state index contributed by atoms with van der Waals surface area (Å²) in [5, 5.41) is 7.81. The van der Waals surface area contributed by atoms with Crippen molar-refractivity contribution in [3.63, 3.8) is 0 Å². The number of pyridine rings is 3. The molecule has 0 saturated carbocycles. The van der Waals surface area contributed by atoms with Gasteiger partial charge in [0.25, 0.3) is 17.7 Å². The maximum Gasteiger partial charge on any atom is 0.289 e. The van der Waals surface area contributed by atoms with Gasteiger partial charge in [0, 0.05) is 99.4 Å². The molecule has 0 saturated heterocycles. The highest BCUT2D eigenvalue weighted by Gasteiger charge is 2.22. The van der Waals surface area contributed by atoms with Crippen molar-refractivity contribution in [2.24, 2.45) is 0 Å². The fraction of sp³-hybridized carbons (Fsp3) is 0.238. The van der Waals surface area contributed by atoms with E-state index in [4.69, 9.17) is 13.3 Å². The van der Waals surface area contributed by atoms with Gasteiger partial charge in [0.15, 0.2) is 0 Å². The van der Waals surface area contributed by atoms with Crippen molar-refractivity contribution in [2.75, 3.05) is 35.8 Å². The number of anilines is 3. The Morgan fingerprint density at radius 2 is 0.744 bits per heavy atom. The van der Waals surface area contributed by atoms with E-state index in [0.717, 1.165) is 41.3 Å². The highest BCUT2D eigenvalue weighted by molar-refractivity contribution is 5.95. The van der Waals surface area contributed by atoms with Crippen LogP contribution in [-0.4, -0.2) is 86.5 Å². The van der Waals surface area contributed by atoms with Crippen LogP contribution in [0.3, 0.4) is 0 Å². The molecule has 9 rings (SSSR count). The molecule has 6 aromatic heterocycles. The zero-order chi connectivity index (χ0) is 65.5. The normalized spacial score (nSPS) is 10.7. The number of oxazole rings is 3. The van der Waals surface area contributed by atoms with Crippen LogP contribution in [0.4, 0.5) is 43.4 Å². The standard InChI is InChI=1S/C22H23FN4O3.C21H20F2N4O3.C20H17F3N4O3/c1-5-20(28)27(4)18-9-8-15(10-17(18)23)22-25-12-19(30-22)21(29)24-11-16-7-6-13(2)26-14(16)3;1-4-19(28)27(3)16-7-5-13(9-15(16)22)21-25-11-17(30-21)20(29)24-10-14-6-8-18(23)26-12(14)2;1-3-17(28)27(2)14-6-4-11(8-13(14)21)20-25-10-15(30-20)19(29)24-9-12-5-7-16(22)26-18(12)23/h6-10,12H,5,11H2,1-4H3,(H,24,29);5-9,11H,4,10H2,1-3H3,(H,24,29);4-8,10H,3,9H2,1-2H3,(H,24,29). The third-order valence-corrected chi connectivity index (χ3v) is 13.6. The monoisotopic (exact) mass is 1240 g/mol. The molecule has 0 atom stereocenters. The van der Waals surface area contributed by atoms with Crippen molar-refractivity contribution in [1.82, 2.24) is 45.9 Å². The predicted octanol–water partition coefficient (Wildman–Crippen LogP) is 10.9. The molecule has 0 aliphatic rings. The molecule has 468 valence electrons. The lowest BCUT2D eigenvalue weighted by Gasteiger charge is -2.17. The van der Waals surface area contributed by atoms with E-state index < -0.39 is 53.0 Å².